The van der Waals surface area contributed by atoms with Crippen LogP contribution in [0.25, 0.3) is 0 Å². The summed E-state index contributed by atoms with van der Waals surface area (Å²) in [4.78, 5) is 45.4. The second-order valence-corrected chi connectivity index (χ2v) is 11.0. The lowest BCUT2D eigenvalue weighted by Gasteiger charge is -2.23. The van der Waals surface area contributed by atoms with E-state index in [0.717, 1.165) is 33.5 Å². The molecule has 3 aromatic carbocycles. The third-order valence-corrected chi connectivity index (χ3v) is 8.31. The van der Waals surface area contributed by atoms with E-state index in [2.05, 4.69) is 20.9 Å². The van der Waals surface area contributed by atoms with Crippen LogP contribution in [0, 0.1) is 0 Å². The average molecular weight is 552 g/mol. The summed E-state index contributed by atoms with van der Waals surface area (Å²) in [5.74, 6) is -0.575. The van der Waals surface area contributed by atoms with Crippen LogP contribution in [-0.4, -0.2) is 41.2 Å². The van der Waals surface area contributed by atoms with Gasteiger partial charge in [-0.2, -0.15) is 0 Å². The molecule has 0 saturated carbocycles. The van der Waals surface area contributed by atoms with E-state index in [9.17, 15) is 14.4 Å². The molecule has 1 aliphatic carbocycles. The van der Waals surface area contributed by atoms with Crippen LogP contribution in [0.15, 0.2) is 77.6 Å². The lowest BCUT2D eigenvalue weighted by molar-refractivity contribution is -0.120. The van der Waals surface area contributed by atoms with Crippen molar-refractivity contribution in [3.05, 3.63) is 111 Å². The first-order chi connectivity index (χ1) is 19.5. The SMILES string of the molecule is CNCc1ccccc1CN(CC(=O)Nc1ccc2c(c1)CC1(C2)C(=O)Nc2ccccc21)C(=O)c1cscn1. The van der Waals surface area contributed by atoms with Gasteiger partial charge < -0.3 is 20.9 Å². The molecule has 3 N–H and O–H groups in total. The largest absolute Gasteiger partial charge is 0.325 e. The number of hydrogen-bond acceptors (Lipinski definition) is 6. The van der Waals surface area contributed by atoms with Gasteiger partial charge in [-0.05, 0) is 65.9 Å². The molecule has 1 spiro atoms. The molecular formula is C31H29N5O3S. The van der Waals surface area contributed by atoms with Gasteiger partial charge in [0, 0.05) is 29.8 Å². The summed E-state index contributed by atoms with van der Waals surface area (Å²) >= 11 is 1.34. The molecule has 40 heavy (non-hydrogen) atoms. The fraction of sp³-hybridized carbons (Fsp3) is 0.226. The number of carbonyl (C=O) groups is 3. The van der Waals surface area contributed by atoms with Crippen molar-refractivity contribution in [3.63, 3.8) is 0 Å². The van der Waals surface area contributed by atoms with Gasteiger partial charge in [-0.3, -0.25) is 14.4 Å². The lowest BCUT2D eigenvalue weighted by Crippen LogP contribution is -2.38. The van der Waals surface area contributed by atoms with E-state index in [-0.39, 0.29) is 30.8 Å². The Morgan fingerprint density at radius 2 is 1.80 bits per heavy atom. The van der Waals surface area contributed by atoms with Crippen LogP contribution in [-0.2, 0) is 40.9 Å². The summed E-state index contributed by atoms with van der Waals surface area (Å²) in [6.07, 6.45) is 1.20. The summed E-state index contributed by atoms with van der Waals surface area (Å²) in [7, 11) is 1.87. The summed E-state index contributed by atoms with van der Waals surface area (Å²) in [5, 5.41) is 10.9. The quantitative estimate of drug-likeness (QED) is 0.306. The van der Waals surface area contributed by atoms with Gasteiger partial charge in [0.1, 0.15) is 12.2 Å². The molecule has 9 heteroatoms. The second kappa shape index (κ2) is 10.7. The van der Waals surface area contributed by atoms with Crippen LogP contribution in [0.3, 0.4) is 0 Å². The maximum atomic E-state index is 13.3. The van der Waals surface area contributed by atoms with Crippen molar-refractivity contribution in [2.45, 2.75) is 31.3 Å². The molecule has 202 valence electrons. The van der Waals surface area contributed by atoms with Gasteiger partial charge in [0.2, 0.25) is 11.8 Å². The number of thiazole rings is 1. The Morgan fingerprint density at radius 1 is 1.02 bits per heavy atom. The third-order valence-electron chi connectivity index (χ3n) is 7.72. The number of carbonyl (C=O) groups excluding carboxylic acids is 3. The van der Waals surface area contributed by atoms with Crippen LogP contribution in [0.2, 0.25) is 0 Å². The van der Waals surface area contributed by atoms with Crippen molar-refractivity contribution in [1.29, 1.82) is 0 Å². The summed E-state index contributed by atoms with van der Waals surface area (Å²) in [5.41, 5.74) is 8.03. The number of fused-ring (bicyclic) bond motifs is 3. The number of aromatic nitrogens is 1. The fourth-order valence-electron chi connectivity index (χ4n) is 5.81. The van der Waals surface area contributed by atoms with E-state index >= 15 is 0 Å². The molecule has 1 unspecified atom stereocenters. The van der Waals surface area contributed by atoms with Gasteiger partial charge in [0.25, 0.3) is 5.91 Å². The number of nitrogens with one attached hydrogen (secondary N) is 3. The predicted molar refractivity (Wildman–Crippen MR) is 155 cm³/mol. The van der Waals surface area contributed by atoms with Gasteiger partial charge >= 0.3 is 0 Å². The predicted octanol–water partition coefficient (Wildman–Crippen LogP) is 4.13. The zero-order chi connectivity index (χ0) is 27.7. The van der Waals surface area contributed by atoms with Gasteiger partial charge in [-0.1, -0.05) is 48.5 Å². The third kappa shape index (κ3) is 4.78. The Balaban J connectivity index is 1.20. The average Bonchev–Trinajstić information content (AvgIpc) is 3.68. The molecule has 6 rings (SSSR count). The summed E-state index contributed by atoms with van der Waals surface area (Å²) in [6, 6.07) is 21.5. The van der Waals surface area contributed by atoms with Crippen molar-refractivity contribution in [2.24, 2.45) is 0 Å². The van der Waals surface area contributed by atoms with Crippen LogP contribution in [0.5, 0.6) is 0 Å². The van der Waals surface area contributed by atoms with Crippen LogP contribution < -0.4 is 16.0 Å². The molecule has 0 saturated heterocycles. The number of para-hydroxylation sites is 1. The van der Waals surface area contributed by atoms with E-state index in [1.54, 1.807) is 10.9 Å². The van der Waals surface area contributed by atoms with Gasteiger partial charge in [-0.25, -0.2) is 4.98 Å². The van der Waals surface area contributed by atoms with Crippen molar-refractivity contribution in [3.8, 4) is 0 Å². The number of rotatable bonds is 8. The van der Waals surface area contributed by atoms with Crippen molar-refractivity contribution in [2.75, 3.05) is 24.2 Å². The Hall–Kier alpha value is -4.34. The highest BCUT2D eigenvalue weighted by Crippen LogP contribution is 2.47. The minimum absolute atomic E-state index is 0.0187. The first-order valence-electron chi connectivity index (χ1n) is 13.2. The Bertz CT molecular complexity index is 1600. The van der Waals surface area contributed by atoms with Crippen molar-refractivity contribution < 1.29 is 14.4 Å². The van der Waals surface area contributed by atoms with Crippen LogP contribution in [0.1, 0.15) is 38.3 Å². The molecule has 2 heterocycles. The Labute approximate surface area is 236 Å². The molecule has 1 aromatic heterocycles. The molecule has 1 aliphatic heterocycles. The van der Waals surface area contributed by atoms with E-state index in [0.29, 0.717) is 30.8 Å². The molecule has 0 bridgehead atoms. The second-order valence-electron chi connectivity index (χ2n) is 10.3. The first-order valence-corrected chi connectivity index (χ1v) is 14.1. The summed E-state index contributed by atoms with van der Waals surface area (Å²) in [6.45, 7) is 0.810. The number of benzene rings is 3. The summed E-state index contributed by atoms with van der Waals surface area (Å²) < 4.78 is 0. The Kier molecular flexibility index (Phi) is 6.91. The molecule has 1 atom stereocenters. The van der Waals surface area contributed by atoms with E-state index in [4.69, 9.17) is 0 Å². The molecule has 4 aromatic rings. The molecule has 8 nitrogen and oxygen atoms in total. The molecule has 3 amide bonds. The van der Waals surface area contributed by atoms with E-state index < -0.39 is 5.41 Å². The lowest BCUT2D eigenvalue weighted by atomic mass is 9.79. The van der Waals surface area contributed by atoms with Crippen molar-refractivity contribution >= 4 is 40.4 Å². The highest BCUT2D eigenvalue weighted by atomic mass is 32.1. The Morgan fingerprint density at radius 3 is 2.60 bits per heavy atom. The normalized spacial score (nSPS) is 16.9. The molecule has 0 radical (unpaired) electrons. The molecule has 2 aliphatic rings. The first kappa shape index (κ1) is 25.9. The standard InChI is InChI=1S/C31H29N5O3S/c1-32-15-21-6-2-3-7-22(21)16-36(29(38)27-18-40-19-33-27)17-28(37)34-24-11-10-20-13-31(14-23(20)12-24)25-8-4-5-9-26(25)35-30(31)39/h2-12,18-19,32H,13-17H2,1H3,(H,34,37)(H,35,39). The van der Waals surface area contributed by atoms with Gasteiger partial charge in [0.05, 0.1) is 10.9 Å². The topological polar surface area (TPSA) is 103 Å². The van der Waals surface area contributed by atoms with Crippen molar-refractivity contribution in [1.82, 2.24) is 15.2 Å². The number of hydrogen-bond donors (Lipinski definition) is 3. The van der Waals surface area contributed by atoms with Crippen LogP contribution in [0.4, 0.5) is 11.4 Å². The highest BCUT2D eigenvalue weighted by Gasteiger charge is 2.50. The molecular weight excluding hydrogens is 522 g/mol. The zero-order valence-electron chi connectivity index (χ0n) is 22.1. The minimum Gasteiger partial charge on any atom is -0.325 e. The zero-order valence-corrected chi connectivity index (χ0v) is 22.9. The van der Waals surface area contributed by atoms with E-state index in [1.165, 1.54) is 16.2 Å². The number of nitrogens with zero attached hydrogens (tertiary/aromatic N) is 2. The van der Waals surface area contributed by atoms with Gasteiger partial charge in [-0.15, -0.1) is 11.3 Å². The highest BCUT2D eigenvalue weighted by molar-refractivity contribution is 7.07. The van der Waals surface area contributed by atoms with Crippen LogP contribution >= 0.6 is 11.3 Å². The van der Waals surface area contributed by atoms with E-state index in [1.807, 2.05) is 73.8 Å². The maximum absolute atomic E-state index is 13.3. The fourth-order valence-corrected chi connectivity index (χ4v) is 6.34. The minimum atomic E-state index is -0.612. The van der Waals surface area contributed by atoms with Gasteiger partial charge in [0.15, 0.2) is 0 Å². The monoisotopic (exact) mass is 551 g/mol. The number of amides is 3. The molecule has 0 fully saturated rings. The number of anilines is 2. The smallest absolute Gasteiger partial charge is 0.274 e. The maximum Gasteiger partial charge on any atom is 0.274 e.